The van der Waals surface area contributed by atoms with Crippen LogP contribution < -0.4 is 15.8 Å². The molecular formula is C26H23N3O2. The molecule has 154 valence electrons. The van der Waals surface area contributed by atoms with E-state index in [0.29, 0.717) is 0 Å². The van der Waals surface area contributed by atoms with E-state index in [1.54, 1.807) is 0 Å². The minimum Gasteiger partial charge on any atom is -0.438 e. The van der Waals surface area contributed by atoms with E-state index in [-0.39, 0.29) is 17.0 Å². The predicted molar refractivity (Wildman–Crippen MR) is 123 cm³/mol. The van der Waals surface area contributed by atoms with Gasteiger partial charge in [0.2, 0.25) is 5.55 Å². The van der Waals surface area contributed by atoms with Crippen LogP contribution in [-0.2, 0) is 12.8 Å². The lowest BCUT2D eigenvalue weighted by Crippen LogP contribution is -2.34. The summed E-state index contributed by atoms with van der Waals surface area (Å²) in [6.45, 7) is 2.18. The molecule has 2 N–H and O–H groups in total. The van der Waals surface area contributed by atoms with Crippen molar-refractivity contribution in [1.29, 1.82) is 5.41 Å². The molecule has 0 bridgehead atoms. The molecule has 0 saturated heterocycles. The Labute approximate surface area is 179 Å². The Morgan fingerprint density at radius 3 is 2.68 bits per heavy atom. The second kappa shape index (κ2) is 6.98. The molecule has 1 amide bonds. The van der Waals surface area contributed by atoms with Crippen molar-refractivity contribution in [3.63, 3.8) is 0 Å². The van der Waals surface area contributed by atoms with Gasteiger partial charge in [-0.15, -0.1) is 0 Å². The maximum absolute atomic E-state index is 13.1. The van der Waals surface area contributed by atoms with Crippen LogP contribution in [0.15, 0.2) is 59.0 Å². The molecule has 2 aliphatic heterocycles. The zero-order valence-electron chi connectivity index (χ0n) is 17.2. The number of hydrogen-bond donors (Lipinski definition) is 2. The van der Waals surface area contributed by atoms with Crippen LogP contribution in [0.4, 0.5) is 11.4 Å². The van der Waals surface area contributed by atoms with Crippen molar-refractivity contribution in [2.75, 3.05) is 23.3 Å². The van der Waals surface area contributed by atoms with Crippen molar-refractivity contribution < 1.29 is 9.21 Å². The van der Waals surface area contributed by atoms with Gasteiger partial charge in [-0.05, 0) is 54.8 Å². The number of benzene rings is 3. The number of hydrogen-bond acceptors (Lipinski definition) is 4. The SMILES string of the molecule is N=c1oc2c3c4c(cc2cc1C(=O)Nc1cccc2ccccc12)CCCN4CCC3. The van der Waals surface area contributed by atoms with E-state index in [4.69, 9.17) is 9.83 Å². The molecule has 4 aromatic rings. The van der Waals surface area contributed by atoms with Crippen molar-refractivity contribution in [2.45, 2.75) is 25.7 Å². The van der Waals surface area contributed by atoms with Crippen molar-refractivity contribution in [1.82, 2.24) is 0 Å². The van der Waals surface area contributed by atoms with Gasteiger partial charge in [-0.2, -0.15) is 0 Å². The van der Waals surface area contributed by atoms with Crippen molar-refractivity contribution in [3.05, 3.63) is 76.8 Å². The van der Waals surface area contributed by atoms with Crippen LogP contribution >= 0.6 is 0 Å². The third-order valence-corrected chi connectivity index (χ3v) is 6.53. The fourth-order valence-electron chi connectivity index (χ4n) is 5.15. The average molecular weight is 409 g/mol. The Morgan fingerprint density at radius 1 is 0.968 bits per heavy atom. The highest BCUT2D eigenvalue weighted by Gasteiger charge is 2.27. The first-order chi connectivity index (χ1) is 15.2. The Morgan fingerprint density at radius 2 is 1.77 bits per heavy atom. The van der Waals surface area contributed by atoms with Crippen molar-refractivity contribution >= 4 is 39.0 Å². The number of nitrogens with zero attached hydrogens (tertiary/aromatic N) is 1. The standard InChI is InChI=1S/C26H23N3O2/c27-25-21(26(30)28-22-11-3-7-16-6-1-2-9-19(16)22)15-18-14-17-8-4-12-29-13-5-10-20(23(17)29)24(18)31-25/h1-3,6-7,9,11,14-15,27H,4-5,8,10,12-13H2,(H,28,30). The number of carbonyl (C=O) groups is 1. The van der Waals surface area contributed by atoms with Gasteiger partial charge >= 0.3 is 0 Å². The number of carbonyl (C=O) groups excluding carboxylic acids is 1. The van der Waals surface area contributed by atoms with Gasteiger partial charge in [0.1, 0.15) is 11.1 Å². The molecule has 31 heavy (non-hydrogen) atoms. The van der Waals surface area contributed by atoms with Gasteiger partial charge in [0, 0.05) is 40.8 Å². The number of fused-ring (bicyclic) bond motifs is 3. The summed E-state index contributed by atoms with van der Waals surface area (Å²) in [6, 6.07) is 17.7. The van der Waals surface area contributed by atoms with E-state index in [9.17, 15) is 4.79 Å². The Hall–Kier alpha value is -3.60. The highest BCUT2D eigenvalue weighted by Crippen LogP contribution is 2.39. The van der Waals surface area contributed by atoms with Gasteiger partial charge in [0.05, 0.1) is 0 Å². The van der Waals surface area contributed by atoms with E-state index in [1.165, 1.54) is 16.8 Å². The summed E-state index contributed by atoms with van der Waals surface area (Å²) in [5.41, 5.74) is 5.51. The minimum absolute atomic E-state index is 0.0885. The summed E-state index contributed by atoms with van der Waals surface area (Å²) in [7, 11) is 0. The molecule has 5 nitrogen and oxygen atoms in total. The molecule has 5 heteroatoms. The number of rotatable bonds is 2. The smallest absolute Gasteiger partial charge is 0.261 e. The molecule has 3 heterocycles. The summed E-state index contributed by atoms with van der Waals surface area (Å²) >= 11 is 0. The lowest BCUT2D eigenvalue weighted by atomic mass is 9.90. The Kier molecular flexibility index (Phi) is 4.10. The molecule has 6 rings (SSSR count). The molecule has 0 spiro atoms. The van der Waals surface area contributed by atoms with Gasteiger partial charge in [-0.3, -0.25) is 10.2 Å². The maximum Gasteiger partial charge on any atom is 0.261 e. The van der Waals surface area contributed by atoms with E-state index < -0.39 is 0 Å². The number of nitrogens with one attached hydrogen (secondary N) is 2. The molecule has 3 aromatic carbocycles. The molecule has 0 fully saturated rings. The highest BCUT2D eigenvalue weighted by atomic mass is 16.3. The molecule has 0 unspecified atom stereocenters. The van der Waals surface area contributed by atoms with Gasteiger partial charge < -0.3 is 14.6 Å². The van der Waals surface area contributed by atoms with Crippen LogP contribution in [-0.4, -0.2) is 19.0 Å². The molecule has 0 saturated carbocycles. The highest BCUT2D eigenvalue weighted by molar-refractivity contribution is 6.10. The van der Waals surface area contributed by atoms with E-state index >= 15 is 0 Å². The Bertz CT molecular complexity index is 1410. The Balaban J connectivity index is 1.45. The lowest BCUT2D eigenvalue weighted by molar-refractivity contribution is 0.102. The zero-order valence-corrected chi connectivity index (χ0v) is 17.2. The van der Waals surface area contributed by atoms with Gasteiger partial charge in [0.15, 0.2) is 0 Å². The monoisotopic (exact) mass is 409 g/mol. The quantitative estimate of drug-likeness (QED) is 0.489. The number of aryl methyl sites for hydroxylation is 2. The zero-order chi connectivity index (χ0) is 20.9. The first-order valence-electron chi connectivity index (χ1n) is 10.9. The van der Waals surface area contributed by atoms with Crippen LogP contribution in [0.2, 0.25) is 0 Å². The third kappa shape index (κ3) is 2.92. The third-order valence-electron chi connectivity index (χ3n) is 6.53. The molecule has 0 atom stereocenters. The topological polar surface area (TPSA) is 69.3 Å². The van der Waals surface area contributed by atoms with E-state index in [0.717, 1.165) is 66.2 Å². The van der Waals surface area contributed by atoms with Gasteiger partial charge in [0.25, 0.3) is 5.91 Å². The first kappa shape index (κ1) is 18.2. The normalized spacial score (nSPS) is 15.2. The summed E-state index contributed by atoms with van der Waals surface area (Å²) < 4.78 is 5.99. The number of amides is 1. The summed E-state index contributed by atoms with van der Waals surface area (Å²) in [5, 5.41) is 14.4. The summed E-state index contributed by atoms with van der Waals surface area (Å²) in [4.78, 5) is 15.6. The first-order valence-corrected chi connectivity index (χ1v) is 10.9. The fourth-order valence-corrected chi connectivity index (χ4v) is 5.15. The predicted octanol–water partition coefficient (Wildman–Crippen LogP) is 5.02. The van der Waals surface area contributed by atoms with Crippen LogP contribution in [0, 0.1) is 5.41 Å². The van der Waals surface area contributed by atoms with Crippen LogP contribution in [0.25, 0.3) is 21.7 Å². The van der Waals surface area contributed by atoms with Crippen LogP contribution in [0.1, 0.15) is 34.3 Å². The maximum atomic E-state index is 13.1. The van der Waals surface area contributed by atoms with E-state index in [2.05, 4.69) is 16.3 Å². The van der Waals surface area contributed by atoms with Crippen LogP contribution in [0.5, 0.6) is 0 Å². The molecule has 0 radical (unpaired) electrons. The molecule has 1 aromatic heterocycles. The van der Waals surface area contributed by atoms with Crippen molar-refractivity contribution in [2.24, 2.45) is 0 Å². The molecule has 2 aliphatic rings. The van der Waals surface area contributed by atoms with Gasteiger partial charge in [-0.25, -0.2) is 0 Å². The lowest BCUT2D eigenvalue weighted by Gasteiger charge is -2.37. The van der Waals surface area contributed by atoms with E-state index in [1.807, 2.05) is 48.5 Å². The molecular weight excluding hydrogens is 386 g/mol. The number of anilines is 2. The van der Waals surface area contributed by atoms with Crippen molar-refractivity contribution in [3.8, 4) is 0 Å². The fraction of sp³-hybridized carbons (Fsp3) is 0.231. The largest absolute Gasteiger partial charge is 0.438 e. The molecule has 0 aliphatic carbocycles. The van der Waals surface area contributed by atoms with Crippen LogP contribution in [0.3, 0.4) is 0 Å². The second-order valence-corrected chi connectivity index (χ2v) is 8.45. The van der Waals surface area contributed by atoms with Gasteiger partial charge in [-0.1, -0.05) is 36.4 Å². The minimum atomic E-state index is -0.319. The summed E-state index contributed by atoms with van der Waals surface area (Å²) in [6.07, 6.45) is 4.26. The second-order valence-electron chi connectivity index (χ2n) is 8.45. The summed E-state index contributed by atoms with van der Waals surface area (Å²) in [5.74, 6) is -0.319. The average Bonchev–Trinajstić information content (AvgIpc) is 2.80.